The predicted octanol–water partition coefficient (Wildman–Crippen LogP) is 2.29. The summed E-state index contributed by atoms with van der Waals surface area (Å²) in [4.78, 5) is 11.7. The lowest BCUT2D eigenvalue weighted by Gasteiger charge is -2.38. The molecule has 0 spiro atoms. The lowest BCUT2D eigenvalue weighted by Crippen LogP contribution is -2.48. The summed E-state index contributed by atoms with van der Waals surface area (Å²) in [5.74, 6) is 0.778. The summed E-state index contributed by atoms with van der Waals surface area (Å²) in [5, 5.41) is 6.23. The maximum absolute atomic E-state index is 11.7. The average Bonchev–Trinajstić information content (AvgIpc) is 2.37. The lowest BCUT2D eigenvalue weighted by molar-refractivity contribution is -0.128. The van der Waals surface area contributed by atoms with E-state index in [0.717, 1.165) is 6.54 Å². The Bertz CT molecular complexity index is 422. The van der Waals surface area contributed by atoms with Crippen molar-refractivity contribution in [3.8, 4) is 0 Å². The van der Waals surface area contributed by atoms with Crippen molar-refractivity contribution in [1.29, 1.82) is 0 Å². The van der Waals surface area contributed by atoms with Gasteiger partial charge in [-0.3, -0.25) is 4.79 Å². The molecule has 2 rings (SSSR count). The molecule has 0 heterocycles. The number of rotatable bonds is 5. The van der Waals surface area contributed by atoms with Gasteiger partial charge in [-0.15, -0.1) is 0 Å². The second-order valence-corrected chi connectivity index (χ2v) is 6.12. The Kier molecular flexibility index (Phi) is 4.25. The average molecular weight is 260 g/mol. The summed E-state index contributed by atoms with van der Waals surface area (Å²) >= 11 is 0. The van der Waals surface area contributed by atoms with Gasteiger partial charge in [-0.25, -0.2) is 0 Å². The largest absolute Gasteiger partial charge is 0.359 e. The van der Waals surface area contributed by atoms with Gasteiger partial charge in [0.25, 0.3) is 0 Å². The van der Waals surface area contributed by atoms with Gasteiger partial charge >= 0.3 is 0 Å². The zero-order chi connectivity index (χ0) is 13.9. The van der Waals surface area contributed by atoms with Crippen LogP contribution in [0.15, 0.2) is 30.3 Å². The van der Waals surface area contributed by atoms with Crippen LogP contribution in [0.5, 0.6) is 0 Å². The molecule has 0 unspecified atom stereocenters. The molecular weight excluding hydrogens is 236 g/mol. The van der Waals surface area contributed by atoms with Gasteiger partial charge in [0.2, 0.25) is 5.91 Å². The first-order valence-electron chi connectivity index (χ1n) is 7.03. The SMILES string of the molecule is CNC(=O)C(C)(C)CNC1CC(c2ccccc2)C1. The molecule has 0 saturated heterocycles. The van der Waals surface area contributed by atoms with Crippen LogP contribution in [-0.2, 0) is 4.79 Å². The number of hydrogen-bond donors (Lipinski definition) is 2. The fourth-order valence-electron chi connectivity index (χ4n) is 2.60. The first kappa shape index (κ1) is 14.1. The van der Waals surface area contributed by atoms with Gasteiger partial charge in [0, 0.05) is 19.6 Å². The third-order valence-electron chi connectivity index (χ3n) is 4.08. The number of carbonyl (C=O) groups excluding carboxylic acids is 1. The number of amides is 1. The Balaban J connectivity index is 1.75. The normalized spacial score (nSPS) is 22.7. The van der Waals surface area contributed by atoms with Crippen LogP contribution in [0.4, 0.5) is 0 Å². The quantitative estimate of drug-likeness (QED) is 0.853. The van der Waals surface area contributed by atoms with Crippen LogP contribution in [0.3, 0.4) is 0 Å². The van der Waals surface area contributed by atoms with Crippen LogP contribution in [0.2, 0.25) is 0 Å². The van der Waals surface area contributed by atoms with Gasteiger partial charge in [0.05, 0.1) is 5.41 Å². The highest BCUT2D eigenvalue weighted by molar-refractivity contribution is 5.81. The molecule has 104 valence electrons. The fraction of sp³-hybridized carbons (Fsp3) is 0.562. The lowest BCUT2D eigenvalue weighted by atomic mass is 9.75. The van der Waals surface area contributed by atoms with Gasteiger partial charge in [0.1, 0.15) is 0 Å². The minimum Gasteiger partial charge on any atom is -0.359 e. The summed E-state index contributed by atoms with van der Waals surface area (Å²) in [6.45, 7) is 4.69. The third-order valence-corrected chi connectivity index (χ3v) is 4.08. The molecule has 3 heteroatoms. The smallest absolute Gasteiger partial charge is 0.226 e. The molecule has 1 aliphatic rings. The molecule has 1 amide bonds. The van der Waals surface area contributed by atoms with E-state index in [2.05, 4.69) is 41.0 Å². The zero-order valence-corrected chi connectivity index (χ0v) is 12.1. The van der Waals surface area contributed by atoms with Gasteiger partial charge in [-0.1, -0.05) is 30.3 Å². The molecule has 1 aromatic carbocycles. The topological polar surface area (TPSA) is 41.1 Å². The Labute approximate surface area is 115 Å². The van der Waals surface area contributed by atoms with Crippen molar-refractivity contribution in [1.82, 2.24) is 10.6 Å². The van der Waals surface area contributed by atoms with E-state index < -0.39 is 0 Å². The standard InChI is InChI=1S/C16H24N2O/c1-16(2,15(19)17-3)11-18-14-9-13(10-14)12-7-5-4-6-8-12/h4-8,13-14,18H,9-11H2,1-3H3,(H,17,19). The molecule has 3 nitrogen and oxygen atoms in total. The van der Waals surface area contributed by atoms with Crippen LogP contribution in [0.25, 0.3) is 0 Å². The van der Waals surface area contributed by atoms with Gasteiger partial charge in [-0.05, 0) is 38.2 Å². The van der Waals surface area contributed by atoms with E-state index in [1.165, 1.54) is 18.4 Å². The maximum atomic E-state index is 11.7. The third kappa shape index (κ3) is 3.35. The van der Waals surface area contributed by atoms with E-state index in [0.29, 0.717) is 12.0 Å². The second-order valence-electron chi connectivity index (χ2n) is 6.12. The highest BCUT2D eigenvalue weighted by Crippen LogP contribution is 2.36. The summed E-state index contributed by atoms with van der Waals surface area (Å²) in [7, 11) is 1.69. The Morgan fingerprint density at radius 3 is 2.47 bits per heavy atom. The Morgan fingerprint density at radius 1 is 1.26 bits per heavy atom. The molecule has 19 heavy (non-hydrogen) atoms. The van der Waals surface area contributed by atoms with Crippen LogP contribution in [0.1, 0.15) is 38.2 Å². The van der Waals surface area contributed by atoms with Crippen LogP contribution < -0.4 is 10.6 Å². The van der Waals surface area contributed by atoms with Crippen LogP contribution in [-0.4, -0.2) is 25.5 Å². The molecular formula is C16H24N2O. The van der Waals surface area contributed by atoms with Crippen LogP contribution >= 0.6 is 0 Å². The van der Waals surface area contributed by atoms with Crippen molar-refractivity contribution in [3.05, 3.63) is 35.9 Å². The molecule has 0 atom stereocenters. The van der Waals surface area contributed by atoms with Gasteiger partial charge in [0.15, 0.2) is 0 Å². The number of benzene rings is 1. The van der Waals surface area contributed by atoms with Gasteiger partial charge < -0.3 is 10.6 Å². The minimum absolute atomic E-state index is 0.0962. The molecule has 0 bridgehead atoms. The second kappa shape index (κ2) is 5.74. The molecule has 2 N–H and O–H groups in total. The van der Waals surface area contributed by atoms with Crippen molar-refractivity contribution in [2.75, 3.05) is 13.6 Å². The van der Waals surface area contributed by atoms with Gasteiger partial charge in [-0.2, -0.15) is 0 Å². The number of hydrogen-bond acceptors (Lipinski definition) is 2. The van der Waals surface area contributed by atoms with E-state index in [9.17, 15) is 4.79 Å². The summed E-state index contributed by atoms with van der Waals surface area (Å²) < 4.78 is 0. The Morgan fingerprint density at radius 2 is 1.89 bits per heavy atom. The molecule has 1 aromatic rings. The van der Waals surface area contributed by atoms with Crippen molar-refractivity contribution in [2.45, 2.75) is 38.6 Å². The van der Waals surface area contributed by atoms with E-state index in [1.54, 1.807) is 7.05 Å². The summed E-state index contributed by atoms with van der Waals surface area (Å²) in [6.07, 6.45) is 2.35. The van der Waals surface area contributed by atoms with E-state index in [-0.39, 0.29) is 11.3 Å². The summed E-state index contributed by atoms with van der Waals surface area (Å²) in [6, 6.07) is 11.2. The first-order valence-corrected chi connectivity index (χ1v) is 7.03. The molecule has 1 fully saturated rings. The molecule has 1 aliphatic carbocycles. The molecule has 0 radical (unpaired) electrons. The minimum atomic E-state index is -0.341. The predicted molar refractivity (Wildman–Crippen MR) is 78.1 cm³/mol. The van der Waals surface area contributed by atoms with Crippen molar-refractivity contribution >= 4 is 5.91 Å². The fourth-order valence-corrected chi connectivity index (χ4v) is 2.60. The molecule has 0 aliphatic heterocycles. The van der Waals surface area contributed by atoms with Crippen LogP contribution in [0, 0.1) is 5.41 Å². The highest BCUT2D eigenvalue weighted by atomic mass is 16.2. The van der Waals surface area contributed by atoms with Crippen molar-refractivity contribution < 1.29 is 4.79 Å². The van der Waals surface area contributed by atoms with E-state index >= 15 is 0 Å². The van der Waals surface area contributed by atoms with Crippen molar-refractivity contribution in [3.63, 3.8) is 0 Å². The molecule has 0 aromatic heterocycles. The number of carbonyl (C=O) groups is 1. The Hall–Kier alpha value is -1.35. The van der Waals surface area contributed by atoms with Crippen molar-refractivity contribution in [2.24, 2.45) is 5.41 Å². The highest BCUT2D eigenvalue weighted by Gasteiger charge is 2.33. The van der Waals surface area contributed by atoms with E-state index in [1.807, 2.05) is 13.8 Å². The zero-order valence-electron chi connectivity index (χ0n) is 12.1. The maximum Gasteiger partial charge on any atom is 0.226 e. The molecule has 1 saturated carbocycles. The number of nitrogens with one attached hydrogen (secondary N) is 2. The summed E-state index contributed by atoms with van der Waals surface area (Å²) in [5.41, 5.74) is 1.10. The first-order chi connectivity index (χ1) is 9.03. The van der Waals surface area contributed by atoms with E-state index in [4.69, 9.17) is 0 Å². The monoisotopic (exact) mass is 260 g/mol.